The lowest BCUT2D eigenvalue weighted by atomic mass is 9.93. The van der Waals surface area contributed by atoms with Gasteiger partial charge in [0.2, 0.25) is 11.8 Å². The molecule has 2 aromatic rings. The number of piperazine rings is 1. The van der Waals surface area contributed by atoms with Crippen molar-refractivity contribution >= 4 is 35.6 Å². The third kappa shape index (κ3) is 11.9. The quantitative estimate of drug-likeness (QED) is 0.153. The van der Waals surface area contributed by atoms with Gasteiger partial charge in [0.15, 0.2) is 0 Å². The van der Waals surface area contributed by atoms with E-state index in [4.69, 9.17) is 15.2 Å². The molecule has 0 aliphatic carbocycles. The van der Waals surface area contributed by atoms with Gasteiger partial charge in [-0.05, 0) is 64.2 Å². The number of esters is 1. The van der Waals surface area contributed by atoms with Gasteiger partial charge < -0.3 is 36.1 Å². The second kappa shape index (κ2) is 17.3. The van der Waals surface area contributed by atoms with Crippen molar-refractivity contribution in [2.45, 2.75) is 89.6 Å². The first-order valence-electron chi connectivity index (χ1n) is 15.8. The number of hydrogen-bond acceptors (Lipinski definition) is 8. The fourth-order valence-corrected chi connectivity index (χ4v) is 5.41. The van der Waals surface area contributed by atoms with E-state index >= 15 is 0 Å². The number of carbonyl (C=O) groups excluding carboxylic acids is 5. The maximum Gasteiger partial charge on any atom is 0.407 e. The van der Waals surface area contributed by atoms with Crippen LogP contribution in [0.4, 0.5) is 15.3 Å². The highest BCUT2D eigenvalue weighted by Gasteiger charge is 2.43. The normalized spacial score (nSPS) is 17.6. The number of unbranched alkanes of at least 4 members (excludes halogenated alkanes) is 1. The number of rotatable bonds is 14. The van der Waals surface area contributed by atoms with Crippen molar-refractivity contribution in [3.63, 3.8) is 0 Å². The number of nitrogens with zero attached hydrogens (tertiary/aromatic N) is 1. The molecule has 0 spiro atoms. The molecule has 0 aromatic heterocycles. The van der Waals surface area contributed by atoms with E-state index in [0.717, 1.165) is 16.8 Å². The predicted molar refractivity (Wildman–Crippen MR) is 177 cm³/mol. The lowest BCUT2D eigenvalue weighted by molar-refractivity contribution is -0.150. The Morgan fingerprint density at radius 1 is 1.04 bits per heavy atom. The van der Waals surface area contributed by atoms with Gasteiger partial charge in [-0.15, -0.1) is 0 Å². The first kappa shape index (κ1) is 36.8. The number of nitrogens with two attached hydrogens (primary N) is 1. The van der Waals surface area contributed by atoms with E-state index in [1.807, 2.05) is 61.5 Å². The number of nitrogens with one attached hydrogen (secondary N) is 4. The van der Waals surface area contributed by atoms with Crippen LogP contribution in [-0.2, 0) is 30.3 Å². The number of urea groups is 1. The molecule has 6 N–H and O–H groups in total. The molecule has 0 bridgehead atoms. The first-order chi connectivity index (χ1) is 22.3. The molecule has 0 unspecified atom stereocenters. The van der Waals surface area contributed by atoms with Crippen LogP contribution in [0.2, 0.25) is 0 Å². The van der Waals surface area contributed by atoms with Crippen LogP contribution >= 0.6 is 0 Å². The highest BCUT2D eigenvalue weighted by Crippen LogP contribution is 2.21. The number of primary amides is 1. The number of alkyl carbamates (subject to hydrolysis) is 1. The number of aryl methyl sites for hydroxylation is 1. The van der Waals surface area contributed by atoms with Crippen molar-refractivity contribution in [1.82, 2.24) is 20.9 Å². The molecule has 13 nitrogen and oxygen atoms in total. The number of carbonyl (C=O) groups is 5. The molecule has 47 heavy (non-hydrogen) atoms. The highest BCUT2D eigenvalue weighted by molar-refractivity contribution is 5.92. The van der Waals surface area contributed by atoms with Crippen LogP contribution in [0.15, 0.2) is 54.6 Å². The standard InChI is InChI=1S/C34H48N6O7/c1-22-13-9-10-16-24(22)38-32(44)36-18-12-11-17-25(39-33(45)47-34(2,3)4)27-21-40(31(43)26(37-27)20-29(41)46-5)28(30(35)42)19-23-14-7-6-8-15-23/h6-10,13-16,25-28,37H,11-12,17-21H2,1-5H3,(H2,35,42)(H,39,45)(H2,36,38,44)/t25-,26-,27-,28-/m0/s1. The maximum absolute atomic E-state index is 13.7. The van der Waals surface area contributed by atoms with Crippen LogP contribution in [0.1, 0.15) is 57.6 Å². The molecule has 5 amide bonds. The van der Waals surface area contributed by atoms with Gasteiger partial charge in [0.05, 0.1) is 19.6 Å². The van der Waals surface area contributed by atoms with Gasteiger partial charge >= 0.3 is 18.1 Å². The van der Waals surface area contributed by atoms with Crippen LogP contribution < -0.4 is 27.0 Å². The van der Waals surface area contributed by atoms with E-state index < -0.39 is 53.6 Å². The van der Waals surface area contributed by atoms with E-state index in [1.165, 1.54) is 12.0 Å². The topological polar surface area (TPSA) is 181 Å². The molecule has 0 radical (unpaired) electrons. The monoisotopic (exact) mass is 652 g/mol. The number of methoxy groups -OCH3 is 1. The van der Waals surface area contributed by atoms with Crippen molar-refractivity contribution in [1.29, 1.82) is 0 Å². The Morgan fingerprint density at radius 3 is 2.36 bits per heavy atom. The molecule has 1 aliphatic rings. The van der Waals surface area contributed by atoms with Crippen molar-refractivity contribution in [2.75, 3.05) is 25.5 Å². The Kier molecular flexibility index (Phi) is 13.6. The zero-order valence-electron chi connectivity index (χ0n) is 27.8. The van der Waals surface area contributed by atoms with E-state index in [-0.39, 0.29) is 25.4 Å². The number of benzene rings is 2. The van der Waals surface area contributed by atoms with E-state index in [2.05, 4.69) is 21.3 Å². The number of amides is 5. The second-order valence-electron chi connectivity index (χ2n) is 12.6. The number of para-hydroxylation sites is 1. The Bertz CT molecular complexity index is 1380. The van der Waals surface area contributed by atoms with Gasteiger partial charge in [-0.25, -0.2) is 9.59 Å². The van der Waals surface area contributed by atoms with Crippen LogP contribution in [0.3, 0.4) is 0 Å². The van der Waals surface area contributed by atoms with Crippen molar-refractivity contribution < 1.29 is 33.4 Å². The van der Waals surface area contributed by atoms with Crippen molar-refractivity contribution in [2.24, 2.45) is 5.73 Å². The summed E-state index contributed by atoms with van der Waals surface area (Å²) in [7, 11) is 1.23. The minimum atomic E-state index is -1.02. The summed E-state index contributed by atoms with van der Waals surface area (Å²) in [5.41, 5.74) is 7.56. The SMILES string of the molecule is COC(=O)C[C@@H]1N[C@H]([C@H](CCCCNC(=O)Nc2ccccc2C)NC(=O)OC(C)(C)C)CN([C@@H](Cc2ccccc2)C(N)=O)C1=O. The number of anilines is 1. The zero-order chi connectivity index (χ0) is 34.6. The van der Waals surface area contributed by atoms with E-state index in [9.17, 15) is 24.0 Å². The molecule has 2 aromatic carbocycles. The van der Waals surface area contributed by atoms with Gasteiger partial charge in [-0.2, -0.15) is 0 Å². The zero-order valence-corrected chi connectivity index (χ0v) is 27.8. The van der Waals surface area contributed by atoms with Crippen LogP contribution in [0.5, 0.6) is 0 Å². The molecule has 0 saturated carbocycles. The molecule has 1 aliphatic heterocycles. The van der Waals surface area contributed by atoms with Crippen molar-refractivity contribution in [3.8, 4) is 0 Å². The third-order valence-corrected chi connectivity index (χ3v) is 7.77. The number of ether oxygens (including phenoxy) is 2. The van der Waals surface area contributed by atoms with Crippen LogP contribution in [0, 0.1) is 6.92 Å². The molecule has 1 heterocycles. The fourth-order valence-electron chi connectivity index (χ4n) is 5.41. The average Bonchev–Trinajstić information content (AvgIpc) is 3.01. The summed E-state index contributed by atoms with van der Waals surface area (Å²) in [6, 6.07) is 13.2. The molecule has 1 fully saturated rings. The van der Waals surface area contributed by atoms with Crippen LogP contribution in [0.25, 0.3) is 0 Å². The lowest BCUT2D eigenvalue weighted by Gasteiger charge is -2.44. The molecule has 3 rings (SSSR count). The summed E-state index contributed by atoms with van der Waals surface area (Å²) < 4.78 is 10.4. The Labute approximate surface area is 276 Å². The average molecular weight is 653 g/mol. The van der Waals surface area contributed by atoms with Crippen molar-refractivity contribution in [3.05, 3.63) is 65.7 Å². The number of hydrogen-bond donors (Lipinski definition) is 5. The Morgan fingerprint density at radius 2 is 1.72 bits per heavy atom. The Hall–Kier alpha value is -4.65. The highest BCUT2D eigenvalue weighted by atomic mass is 16.6. The van der Waals surface area contributed by atoms with E-state index in [1.54, 1.807) is 20.8 Å². The van der Waals surface area contributed by atoms with Crippen LogP contribution in [-0.4, -0.2) is 84.8 Å². The summed E-state index contributed by atoms with van der Waals surface area (Å²) in [5, 5.41) is 11.8. The minimum absolute atomic E-state index is 0.0362. The lowest BCUT2D eigenvalue weighted by Crippen LogP contribution is -2.69. The van der Waals surface area contributed by atoms with Gasteiger partial charge in [0.1, 0.15) is 11.6 Å². The molecule has 256 valence electrons. The summed E-state index contributed by atoms with van der Waals surface area (Å²) in [6.45, 7) is 7.58. The molecule has 1 saturated heterocycles. The first-order valence-corrected chi connectivity index (χ1v) is 15.8. The van der Waals surface area contributed by atoms with Gasteiger partial charge in [0, 0.05) is 37.3 Å². The van der Waals surface area contributed by atoms with Gasteiger partial charge in [0.25, 0.3) is 0 Å². The smallest absolute Gasteiger partial charge is 0.407 e. The summed E-state index contributed by atoms with van der Waals surface area (Å²) in [4.78, 5) is 65.6. The Balaban J connectivity index is 1.77. The molecule has 13 heteroatoms. The summed E-state index contributed by atoms with van der Waals surface area (Å²) in [6.07, 6.45) is 0.862. The fraction of sp³-hybridized carbons (Fsp3) is 0.500. The largest absolute Gasteiger partial charge is 0.469 e. The van der Waals surface area contributed by atoms with Gasteiger partial charge in [-0.1, -0.05) is 48.5 Å². The maximum atomic E-state index is 13.7. The summed E-state index contributed by atoms with van der Waals surface area (Å²) in [5.74, 6) is -1.76. The summed E-state index contributed by atoms with van der Waals surface area (Å²) >= 11 is 0. The minimum Gasteiger partial charge on any atom is -0.469 e. The predicted octanol–water partition coefficient (Wildman–Crippen LogP) is 3.01. The van der Waals surface area contributed by atoms with Gasteiger partial charge in [-0.3, -0.25) is 19.7 Å². The molecular formula is C34H48N6O7. The molecular weight excluding hydrogens is 604 g/mol. The third-order valence-electron chi connectivity index (χ3n) is 7.77. The van der Waals surface area contributed by atoms with E-state index in [0.29, 0.717) is 25.8 Å². The molecule has 4 atom stereocenters. The second-order valence-corrected chi connectivity index (χ2v) is 12.6.